The number of pyridine rings is 1. The molecule has 90 valence electrons. The molecule has 6 heteroatoms. The number of halogens is 2. The van der Waals surface area contributed by atoms with E-state index in [4.69, 9.17) is 9.47 Å². The lowest BCUT2D eigenvalue weighted by Gasteiger charge is -2.09. The van der Waals surface area contributed by atoms with E-state index >= 15 is 0 Å². The van der Waals surface area contributed by atoms with Gasteiger partial charge >= 0.3 is 0 Å². The molecule has 0 saturated carbocycles. The maximum absolute atomic E-state index is 11.7. The molecule has 1 aromatic heterocycles. The van der Waals surface area contributed by atoms with E-state index in [1.807, 2.05) is 0 Å². The molecule has 0 unspecified atom stereocenters. The molecule has 0 atom stereocenters. The smallest absolute Gasteiger partial charge is 0.261 e. The fourth-order valence-electron chi connectivity index (χ4n) is 1.10. The zero-order valence-electron chi connectivity index (χ0n) is 8.95. The van der Waals surface area contributed by atoms with E-state index in [1.165, 1.54) is 7.11 Å². The van der Waals surface area contributed by atoms with Gasteiger partial charge in [-0.2, -0.15) is 0 Å². The second-order valence-electron chi connectivity index (χ2n) is 2.95. The van der Waals surface area contributed by atoms with Crippen molar-refractivity contribution in [3.8, 4) is 5.75 Å². The highest BCUT2D eigenvalue weighted by Crippen LogP contribution is 2.19. The molecule has 1 N–H and O–H groups in total. The summed E-state index contributed by atoms with van der Waals surface area (Å²) >= 11 is 0. The first-order chi connectivity index (χ1) is 7.74. The quantitative estimate of drug-likeness (QED) is 0.728. The van der Waals surface area contributed by atoms with Crippen molar-refractivity contribution in [1.82, 2.24) is 4.98 Å². The molecule has 0 saturated heterocycles. The summed E-state index contributed by atoms with van der Waals surface area (Å²) in [5, 5.41) is 2.93. The van der Waals surface area contributed by atoms with Gasteiger partial charge in [0, 0.05) is 12.7 Å². The minimum Gasteiger partial charge on any atom is -0.493 e. The molecule has 0 spiro atoms. The summed E-state index contributed by atoms with van der Waals surface area (Å²) in [6.07, 6.45) is -0.811. The van der Waals surface area contributed by atoms with Gasteiger partial charge in [0.2, 0.25) is 0 Å². The monoisotopic (exact) mass is 232 g/mol. The minimum atomic E-state index is -2.43. The number of aromatic nitrogens is 1. The molecule has 1 aromatic rings. The lowest BCUT2D eigenvalue weighted by atomic mass is 10.4. The van der Waals surface area contributed by atoms with Crippen LogP contribution in [0.15, 0.2) is 18.3 Å². The van der Waals surface area contributed by atoms with Crippen molar-refractivity contribution in [3.05, 3.63) is 18.3 Å². The number of hydrogen-bond acceptors (Lipinski definition) is 4. The largest absolute Gasteiger partial charge is 0.493 e. The normalized spacial score (nSPS) is 10.5. The molecule has 0 radical (unpaired) electrons. The lowest BCUT2D eigenvalue weighted by molar-refractivity contribution is 0.0214. The van der Waals surface area contributed by atoms with E-state index in [9.17, 15) is 8.78 Å². The Morgan fingerprint density at radius 2 is 2.31 bits per heavy atom. The zero-order valence-corrected chi connectivity index (χ0v) is 8.95. The number of ether oxygens (including phenoxy) is 2. The number of nitrogens with zero attached hydrogens (tertiary/aromatic N) is 1. The molecule has 0 amide bonds. The molecule has 1 rings (SSSR count). The Kier molecular flexibility index (Phi) is 5.49. The number of alkyl halides is 2. The van der Waals surface area contributed by atoms with Crippen LogP contribution in [0.3, 0.4) is 0 Å². The summed E-state index contributed by atoms with van der Waals surface area (Å²) in [5.74, 6) is 1.18. The Bertz CT molecular complexity index is 311. The molecule has 16 heavy (non-hydrogen) atoms. The van der Waals surface area contributed by atoms with Crippen LogP contribution in [0.2, 0.25) is 0 Å². The van der Waals surface area contributed by atoms with Crippen LogP contribution in [-0.4, -0.2) is 38.3 Å². The Morgan fingerprint density at radius 1 is 1.50 bits per heavy atom. The molecule has 0 aliphatic heterocycles. The van der Waals surface area contributed by atoms with Crippen LogP contribution < -0.4 is 10.1 Å². The number of hydrogen-bond donors (Lipinski definition) is 1. The van der Waals surface area contributed by atoms with Crippen molar-refractivity contribution >= 4 is 5.82 Å². The van der Waals surface area contributed by atoms with Crippen molar-refractivity contribution in [2.24, 2.45) is 0 Å². The molecular formula is C10H14F2N2O2. The molecule has 0 aliphatic rings. The molecular weight excluding hydrogens is 218 g/mol. The van der Waals surface area contributed by atoms with Crippen molar-refractivity contribution in [2.45, 2.75) is 6.43 Å². The van der Waals surface area contributed by atoms with Crippen LogP contribution in [0.1, 0.15) is 0 Å². The number of nitrogens with one attached hydrogen (secondary N) is 1. The Morgan fingerprint density at radius 3 is 3.00 bits per heavy atom. The summed E-state index contributed by atoms with van der Waals surface area (Å²) in [4.78, 5) is 4.04. The first kappa shape index (κ1) is 12.6. The van der Waals surface area contributed by atoms with E-state index in [1.54, 1.807) is 18.3 Å². The molecule has 0 bridgehead atoms. The van der Waals surface area contributed by atoms with Gasteiger partial charge in [-0.05, 0) is 12.1 Å². The van der Waals surface area contributed by atoms with Crippen LogP contribution in [-0.2, 0) is 4.74 Å². The molecule has 0 aliphatic carbocycles. The van der Waals surface area contributed by atoms with E-state index in [-0.39, 0.29) is 6.61 Å². The van der Waals surface area contributed by atoms with Crippen molar-refractivity contribution in [1.29, 1.82) is 0 Å². The van der Waals surface area contributed by atoms with Gasteiger partial charge in [0.05, 0.1) is 13.7 Å². The van der Waals surface area contributed by atoms with Crippen molar-refractivity contribution < 1.29 is 18.3 Å². The summed E-state index contributed by atoms with van der Waals surface area (Å²) in [5.41, 5.74) is 0. The lowest BCUT2D eigenvalue weighted by Crippen LogP contribution is -2.14. The van der Waals surface area contributed by atoms with Crippen LogP contribution in [0.5, 0.6) is 5.75 Å². The van der Waals surface area contributed by atoms with Gasteiger partial charge in [-0.25, -0.2) is 13.8 Å². The molecule has 4 nitrogen and oxygen atoms in total. The molecule has 0 aromatic carbocycles. The highest BCUT2D eigenvalue weighted by atomic mass is 19.3. The van der Waals surface area contributed by atoms with Gasteiger partial charge in [0.1, 0.15) is 6.61 Å². The van der Waals surface area contributed by atoms with Gasteiger partial charge in [0.25, 0.3) is 6.43 Å². The minimum absolute atomic E-state index is 0.198. The fourth-order valence-corrected chi connectivity index (χ4v) is 1.10. The third-order valence-electron chi connectivity index (χ3n) is 1.77. The van der Waals surface area contributed by atoms with E-state index in [0.29, 0.717) is 18.1 Å². The van der Waals surface area contributed by atoms with E-state index in [2.05, 4.69) is 10.3 Å². The van der Waals surface area contributed by atoms with Gasteiger partial charge in [-0.3, -0.25) is 0 Å². The number of anilines is 1. The van der Waals surface area contributed by atoms with Gasteiger partial charge in [-0.1, -0.05) is 0 Å². The zero-order chi connectivity index (χ0) is 11.8. The first-order valence-corrected chi connectivity index (χ1v) is 4.83. The summed E-state index contributed by atoms with van der Waals surface area (Å²) in [7, 11) is 1.54. The highest BCUT2D eigenvalue weighted by Gasteiger charge is 2.03. The van der Waals surface area contributed by atoms with Gasteiger partial charge in [-0.15, -0.1) is 0 Å². The Balaban J connectivity index is 2.26. The maximum atomic E-state index is 11.7. The fraction of sp³-hybridized carbons (Fsp3) is 0.500. The second-order valence-corrected chi connectivity index (χ2v) is 2.95. The SMILES string of the molecule is COc1cccnc1NCCOCC(F)F. The van der Waals surface area contributed by atoms with Crippen LogP contribution >= 0.6 is 0 Å². The van der Waals surface area contributed by atoms with E-state index < -0.39 is 13.0 Å². The van der Waals surface area contributed by atoms with Crippen molar-refractivity contribution in [2.75, 3.05) is 32.2 Å². The molecule has 0 fully saturated rings. The predicted octanol–water partition coefficient (Wildman–Crippen LogP) is 1.78. The summed E-state index contributed by atoms with van der Waals surface area (Å²) in [6, 6.07) is 3.51. The topological polar surface area (TPSA) is 43.4 Å². The predicted molar refractivity (Wildman–Crippen MR) is 56.1 cm³/mol. The van der Waals surface area contributed by atoms with Gasteiger partial charge < -0.3 is 14.8 Å². The first-order valence-electron chi connectivity index (χ1n) is 4.83. The Hall–Kier alpha value is -1.43. The van der Waals surface area contributed by atoms with Crippen LogP contribution in [0.25, 0.3) is 0 Å². The van der Waals surface area contributed by atoms with Gasteiger partial charge in [0.15, 0.2) is 11.6 Å². The van der Waals surface area contributed by atoms with Crippen LogP contribution in [0.4, 0.5) is 14.6 Å². The summed E-state index contributed by atoms with van der Waals surface area (Å²) in [6.45, 7) is 0.0607. The Labute approximate surface area is 92.6 Å². The van der Waals surface area contributed by atoms with E-state index in [0.717, 1.165) is 0 Å². The number of rotatable bonds is 7. The second kappa shape index (κ2) is 6.95. The summed E-state index contributed by atoms with van der Waals surface area (Å²) < 4.78 is 33.2. The average Bonchev–Trinajstić information content (AvgIpc) is 2.29. The van der Waals surface area contributed by atoms with Crippen LogP contribution in [0, 0.1) is 0 Å². The number of methoxy groups -OCH3 is 1. The highest BCUT2D eigenvalue weighted by molar-refractivity contribution is 5.49. The average molecular weight is 232 g/mol. The third-order valence-corrected chi connectivity index (χ3v) is 1.77. The standard InChI is InChI=1S/C10H14F2N2O2/c1-15-8-3-2-4-13-10(8)14-5-6-16-7-9(11)12/h2-4,9H,5-7H2,1H3,(H,13,14). The third kappa shape index (κ3) is 4.39. The molecule has 1 heterocycles. The van der Waals surface area contributed by atoms with Crippen molar-refractivity contribution in [3.63, 3.8) is 0 Å². The maximum Gasteiger partial charge on any atom is 0.261 e.